The average Bonchev–Trinajstić information content (AvgIpc) is 2.86. The molecule has 1 amide bonds. The fraction of sp³-hybridized carbons (Fsp3) is 0.474. The van der Waals surface area contributed by atoms with Crippen LogP contribution in [-0.2, 0) is 7.05 Å². The van der Waals surface area contributed by atoms with E-state index >= 15 is 0 Å². The van der Waals surface area contributed by atoms with Crippen molar-refractivity contribution in [2.45, 2.75) is 31.7 Å². The lowest BCUT2D eigenvalue weighted by Gasteiger charge is -2.31. The van der Waals surface area contributed by atoms with Crippen LogP contribution in [0.15, 0.2) is 42.7 Å². The van der Waals surface area contributed by atoms with Gasteiger partial charge in [-0.15, -0.1) is 0 Å². The van der Waals surface area contributed by atoms with Crippen LogP contribution in [0.1, 0.15) is 47.9 Å². The van der Waals surface area contributed by atoms with Crippen LogP contribution in [0.25, 0.3) is 0 Å². The Morgan fingerprint density at radius 2 is 1.88 bits per heavy atom. The number of amides is 1. The quantitative estimate of drug-likeness (QED) is 0.919. The number of imidazole rings is 1. The average molecular weight is 326 g/mol. The second-order valence-corrected chi connectivity index (χ2v) is 6.45. The van der Waals surface area contributed by atoms with Crippen molar-refractivity contribution in [1.82, 2.24) is 19.8 Å². The van der Waals surface area contributed by atoms with E-state index in [4.69, 9.17) is 0 Å². The highest BCUT2D eigenvalue weighted by Crippen LogP contribution is 2.23. The third kappa shape index (κ3) is 4.03. The molecule has 0 spiro atoms. The van der Waals surface area contributed by atoms with Crippen molar-refractivity contribution in [1.29, 1.82) is 0 Å². The van der Waals surface area contributed by atoms with Gasteiger partial charge in [0.1, 0.15) is 0 Å². The first-order valence-corrected chi connectivity index (χ1v) is 8.80. The summed E-state index contributed by atoms with van der Waals surface area (Å²) in [7, 11) is 1.84. The number of rotatable bonds is 5. The van der Waals surface area contributed by atoms with Gasteiger partial charge >= 0.3 is 0 Å². The van der Waals surface area contributed by atoms with Crippen molar-refractivity contribution in [2.24, 2.45) is 7.05 Å². The van der Waals surface area contributed by atoms with Gasteiger partial charge in [-0.3, -0.25) is 9.69 Å². The molecule has 1 atom stereocenters. The molecule has 2 heterocycles. The molecule has 0 saturated carbocycles. The van der Waals surface area contributed by atoms with E-state index in [2.05, 4.69) is 39.5 Å². The Morgan fingerprint density at radius 1 is 1.17 bits per heavy atom. The molecule has 128 valence electrons. The van der Waals surface area contributed by atoms with Crippen LogP contribution >= 0.6 is 0 Å². The predicted octanol–water partition coefficient (Wildman–Crippen LogP) is 2.77. The van der Waals surface area contributed by atoms with E-state index in [0.717, 1.165) is 13.1 Å². The zero-order valence-corrected chi connectivity index (χ0v) is 14.3. The van der Waals surface area contributed by atoms with Gasteiger partial charge in [0.15, 0.2) is 5.82 Å². The van der Waals surface area contributed by atoms with Crippen molar-refractivity contribution in [3.05, 3.63) is 54.1 Å². The summed E-state index contributed by atoms with van der Waals surface area (Å²) in [5, 5.41) is 3.08. The number of likely N-dealkylation sites (tertiary alicyclic amines) is 1. The molecule has 1 aliphatic heterocycles. The van der Waals surface area contributed by atoms with Crippen molar-refractivity contribution >= 4 is 5.91 Å². The zero-order chi connectivity index (χ0) is 16.8. The molecule has 0 unspecified atom stereocenters. The summed E-state index contributed by atoms with van der Waals surface area (Å²) in [6.45, 7) is 2.80. The smallest absolute Gasteiger partial charge is 0.287 e. The third-order valence-electron chi connectivity index (χ3n) is 4.75. The van der Waals surface area contributed by atoms with Crippen molar-refractivity contribution in [3.63, 3.8) is 0 Å². The summed E-state index contributed by atoms with van der Waals surface area (Å²) < 4.78 is 1.75. The van der Waals surface area contributed by atoms with Crippen LogP contribution in [0, 0.1) is 0 Å². The number of aryl methyl sites for hydroxylation is 1. The van der Waals surface area contributed by atoms with Crippen LogP contribution in [0.5, 0.6) is 0 Å². The van der Waals surface area contributed by atoms with E-state index in [1.165, 1.54) is 31.2 Å². The Bertz CT molecular complexity index is 644. The molecule has 0 aliphatic carbocycles. The lowest BCUT2D eigenvalue weighted by atomic mass is 10.0. The third-order valence-corrected chi connectivity index (χ3v) is 4.75. The van der Waals surface area contributed by atoms with Crippen molar-refractivity contribution in [2.75, 3.05) is 19.6 Å². The maximum absolute atomic E-state index is 12.4. The van der Waals surface area contributed by atoms with Crippen LogP contribution in [0.2, 0.25) is 0 Å². The standard InChI is InChI=1S/C19H26N4O/c1-22-14-11-20-18(22)19(24)21-15-17(16-9-5-4-6-10-16)23-12-7-2-3-8-13-23/h4-6,9-11,14,17H,2-3,7-8,12-13,15H2,1H3,(H,21,24)/t17-/m0/s1. The summed E-state index contributed by atoms with van der Waals surface area (Å²) in [4.78, 5) is 19.0. The Hall–Kier alpha value is -2.14. The highest BCUT2D eigenvalue weighted by molar-refractivity contribution is 5.90. The summed E-state index contributed by atoms with van der Waals surface area (Å²) in [6.07, 6.45) is 8.51. The van der Waals surface area contributed by atoms with Crippen LogP contribution in [-0.4, -0.2) is 40.0 Å². The first kappa shape index (κ1) is 16.7. The monoisotopic (exact) mass is 326 g/mol. The van der Waals surface area contributed by atoms with E-state index in [1.807, 2.05) is 13.1 Å². The van der Waals surface area contributed by atoms with Crippen LogP contribution in [0.3, 0.4) is 0 Å². The Labute approximate surface area is 143 Å². The first-order chi connectivity index (χ1) is 11.8. The van der Waals surface area contributed by atoms with Gasteiger partial charge in [-0.1, -0.05) is 43.2 Å². The molecule has 1 saturated heterocycles. The number of nitrogens with one attached hydrogen (secondary N) is 1. The van der Waals surface area contributed by atoms with E-state index in [-0.39, 0.29) is 11.9 Å². The molecular formula is C19H26N4O. The highest BCUT2D eigenvalue weighted by atomic mass is 16.2. The minimum absolute atomic E-state index is 0.113. The second-order valence-electron chi connectivity index (χ2n) is 6.45. The van der Waals surface area contributed by atoms with Gasteiger partial charge in [0, 0.05) is 26.0 Å². The molecule has 1 N–H and O–H groups in total. The Kier molecular flexibility index (Phi) is 5.64. The van der Waals surface area contributed by atoms with Crippen molar-refractivity contribution in [3.8, 4) is 0 Å². The lowest BCUT2D eigenvalue weighted by molar-refractivity contribution is 0.0920. The summed E-state index contributed by atoms with van der Waals surface area (Å²) in [5.41, 5.74) is 1.26. The number of hydrogen-bond acceptors (Lipinski definition) is 3. The summed E-state index contributed by atoms with van der Waals surface area (Å²) in [5.74, 6) is 0.343. The van der Waals surface area contributed by atoms with E-state index in [9.17, 15) is 4.79 Å². The molecule has 1 fully saturated rings. The van der Waals surface area contributed by atoms with Gasteiger partial charge in [0.05, 0.1) is 6.04 Å². The molecule has 1 aromatic heterocycles. The predicted molar refractivity (Wildman–Crippen MR) is 94.8 cm³/mol. The topological polar surface area (TPSA) is 50.2 Å². The lowest BCUT2D eigenvalue weighted by Crippen LogP contribution is -2.39. The second kappa shape index (κ2) is 8.11. The molecule has 24 heavy (non-hydrogen) atoms. The van der Waals surface area contributed by atoms with Gasteiger partial charge in [0.25, 0.3) is 5.91 Å². The maximum atomic E-state index is 12.4. The fourth-order valence-corrected chi connectivity index (χ4v) is 3.39. The van der Waals surface area contributed by atoms with Crippen LogP contribution < -0.4 is 5.32 Å². The molecule has 5 nitrogen and oxygen atoms in total. The number of hydrogen-bond donors (Lipinski definition) is 1. The number of aromatic nitrogens is 2. The SMILES string of the molecule is Cn1ccnc1C(=O)NC[C@@H](c1ccccc1)N1CCCCCC1. The van der Waals surface area contributed by atoms with Gasteiger partial charge in [0.2, 0.25) is 0 Å². The Morgan fingerprint density at radius 3 is 2.50 bits per heavy atom. The van der Waals surface area contributed by atoms with Gasteiger partial charge in [-0.05, 0) is 31.5 Å². The van der Waals surface area contributed by atoms with E-state index in [1.54, 1.807) is 17.0 Å². The zero-order valence-electron chi connectivity index (χ0n) is 14.3. The molecule has 5 heteroatoms. The summed E-state index contributed by atoms with van der Waals surface area (Å²) in [6, 6.07) is 10.7. The molecule has 0 radical (unpaired) electrons. The molecule has 0 bridgehead atoms. The van der Waals surface area contributed by atoms with Gasteiger partial charge in [-0.25, -0.2) is 4.98 Å². The number of nitrogens with zero attached hydrogens (tertiary/aromatic N) is 3. The fourth-order valence-electron chi connectivity index (χ4n) is 3.39. The molecule has 2 aromatic rings. The molecule has 1 aliphatic rings. The summed E-state index contributed by atoms with van der Waals surface area (Å²) >= 11 is 0. The number of carbonyl (C=O) groups excluding carboxylic acids is 1. The Balaban J connectivity index is 1.72. The largest absolute Gasteiger partial charge is 0.347 e. The normalized spacial score (nSPS) is 17.2. The maximum Gasteiger partial charge on any atom is 0.287 e. The number of benzene rings is 1. The van der Waals surface area contributed by atoms with Crippen molar-refractivity contribution < 1.29 is 4.79 Å². The first-order valence-electron chi connectivity index (χ1n) is 8.80. The van der Waals surface area contributed by atoms with E-state index in [0.29, 0.717) is 12.4 Å². The molecular weight excluding hydrogens is 300 g/mol. The van der Waals surface area contributed by atoms with Crippen LogP contribution in [0.4, 0.5) is 0 Å². The minimum atomic E-state index is -0.113. The van der Waals surface area contributed by atoms with E-state index < -0.39 is 0 Å². The number of carbonyl (C=O) groups is 1. The highest BCUT2D eigenvalue weighted by Gasteiger charge is 2.22. The van der Waals surface area contributed by atoms with Gasteiger partial charge < -0.3 is 9.88 Å². The van der Waals surface area contributed by atoms with Gasteiger partial charge in [-0.2, -0.15) is 0 Å². The molecule has 1 aromatic carbocycles. The minimum Gasteiger partial charge on any atom is -0.347 e. The molecule has 3 rings (SSSR count).